The summed E-state index contributed by atoms with van der Waals surface area (Å²) in [6.45, 7) is 4.11. The summed E-state index contributed by atoms with van der Waals surface area (Å²) in [6, 6.07) is 23.9. The van der Waals surface area contributed by atoms with E-state index in [4.69, 9.17) is 22.1 Å². The molecule has 0 aliphatic heterocycles. The van der Waals surface area contributed by atoms with Crippen molar-refractivity contribution in [3.8, 4) is 22.7 Å². The molecule has 2 N–H and O–H groups in total. The number of para-hydroxylation sites is 1. The van der Waals surface area contributed by atoms with Crippen LogP contribution in [-0.2, 0) is 0 Å². The first-order chi connectivity index (χ1) is 16.0. The Morgan fingerprint density at radius 3 is 2.48 bits per heavy atom. The molecule has 166 valence electrons. The average molecular weight is 456 g/mol. The molecule has 3 aromatic carbocycles. The summed E-state index contributed by atoms with van der Waals surface area (Å²) in [5.74, 6) is 0.793. The van der Waals surface area contributed by atoms with E-state index in [0.29, 0.717) is 5.11 Å². The number of hydrogen-bond acceptors (Lipinski definition) is 4. The molecular weight excluding hydrogens is 430 g/mol. The van der Waals surface area contributed by atoms with Crippen LogP contribution >= 0.6 is 12.2 Å². The van der Waals surface area contributed by atoms with Crippen molar-refractivity contribution in [2.24, 2.45) is 5.10 Å². The minimum Gasteiger partial charge on any atom is -0.497 e. The molecule has 0 saturated heterocycles. The molecular formula is C26H25N5OS. The van der Waals surface area contributed by atoms with Gasteiger partial charge in [-0.25, -0.2) is 4.68 Å². The second-order valence-corrected chi connectivity index (χ2v) is 7.99. The Morgan fingerprint density at radius 2 is 1.79 bits per heavy atom. The number of thiocarbonyl (C=S) groups is 1. The number of nitrogens with one attached hydrogen (secondary N) is 2. The smallest absolute Gasteiger partial charge is 0.191 e. The lowest BCUT2D eigenvalue weighted by Crippen LogP contribution is -2.24. The summed E-state index contributed by atoms with van der Waals surface area (Å²) in [7, 11) is 1.65. The molecule has 0 bridgehead atoms. The normalized spacial score (nSPS) is 10.9. The predicted molar refractivity (Wildman–Crippen MR) is 138 cm³/mol. The zero-order valence-electron chi connectivity index (χ0n) is 18.7. The minimum absolute atomic E-state index is 0.416. The van der Waals surface area contributed by atoms with Gasteiger partial charge in [0.1, 0.15) is 11.4 Å². The van der Waals surface area contributed by atoms with E-state index >= 15 is 0 Å². The van der Waals surface area contributed by atoms with Gasteiger partial charge in [0.2, 0.25) is 0 Å². The standard InChI is InChI=1S/C26H25N5OS/c1-18-9-14-24(19(2)15-18)28-26(33)29-27-16-21-17-31(22-7-5-4-6-8-22)30-25(21)20-10-12-23(32-3)13-11-20/h4-17H,1-3H3,(H2,28,29,33). The molecule has 1 aromatic heterocycles. The van der Waals surface area contributed by atoms with Crippen molar-refractivity contribution < 1.29 is 4.74 Å². The number of anilines is 1. The van der Waals surface area contributed by atoms with Crippen LogP contribution in [0.3, 0.4) is 0 Å². The highest BCUT2D eigenvalue weighted by Gasteiger charge is 2.11. The van der Waals surface area contributed by atoms with E-state index in [1.54, 1.807) is 13.3 Å². The topological polar surface area (TPSA) is 63.5 Å². The third-order valence-electron chi connectivity index (χ3n) is 5.13. The third-order valence-corrected chi connectivity index (χ3v) is 5.32. The first-order valence-electron chi connectivity index (χ1n) is 10.5. The van der Waals surface area contributed by atoms with E-state index < -0.39 is 0 Å². The average Bonchev–Trinajstić information content (AvgIpc) is 3.26. The Labute approximate surface area is 198 Å². The molecule has 0 unspecified atom stereocenters. The largest absolute Gasteiger partial charge is 0.497 e. The first-order valence-corrected chi connectivity index (χ1v) is 10.9. The molecule has 0 radical (unpaired) electrons. The molecule has 7 heteroatoms. The molecule has 0 amide bonds. The Kier molecular flexibility index (Phi) is 6.80. The summed E-state index contributed by atoms with van der Waals surface area (Å²) < 4.78 is 7.12. The number of methoxy groups -OCH3 is 1. The SMILES string of the molecule is COc1ccc(-c2nn(-c3ccccc3)cc2C=NNC(=S)Nc2ccc(C)cc2C)cc1. The Balaban J connectivity index is 1.56. The van der Waals surface area contributed by atoms with Gasteiger partial charge < -0.3 is 10.1 Å². The van der Waals surface area contributed by atoms with Gasteiger partial charge in [-0.05, 0) is 74.1 Å². The van der Waals surface area contributed by atoms with Crippen molar-refractivity contribution in [2.45, 2.75) is 13.8 Å². The van der Waals surface area contributed by atoms with Crippen LogP contribution in [0.2, 0.25) is 0 Å². The fraction of sp³-hybridized carbons (Fsp3) is 0.115. The lowest BCUT2D eigenvalue weighted by Gasteiger charge is -2.10. The molecule has 0 saturated carbocycles. The lowest BCUT2D eigenvalue weighted by atomic mass is 10.1. The van der Waals surface area contributed by atoms with Crippen LogP contribution in [0.25, 0.3) is 16.9 Å². The number of benzene rings is 3. The second kappa shape index (κ2) is 10.1. The van der Waals surface area contributed by atoms with Crippen LogP contribution in [-0.4, -0.2) is 28.2 Å². The maximum Gasteiger partial charge on any atom is 0.191 e. The molecule has 0 atom stereocenters. The molecule has 0 spiro atoms. The molecule has 0 aliphatic carbocycles. The number of hydrogen-bond donors (Lipinski definition) is 2. The lowest BCUT2D eigenvalue weighted by molar-refractivity contribution is 0.415. The number of rotatable bonds is 6. The van der Waals surface area contributed by atoms with Crippen LogP contribution in [0.15, 0.2) is 84.1 Å². The number of hydrazone groups is 1. The van der Waals surface area contributed by atoms with Gasteiger partial charge in [-0.3, -0.25) is 5.43 Å². The highest BCUT2D eigenvalue weighted by Crippen LogP contribution is 2.25. The van der Waals surface area contributed by atoms with E-state index in [1.165, 1.54) is 5.56 Å². The van der Waals surface area contributed by atoms with E-state index in [2.05, 4.69) is 28.8 Å². The van der Waals surface area contributed by atoms with Gasteiger partial charge in [0.25, 0.3) is 0 Å². The highest BCUT2D eigenvalue weighted by atomic mass is 32.1. The van der Waals surface area contributed by atoms with E-state index in [1.807, 2.05) is 84.5 Å². The number of nitrogens with zero attached hydrogens (tertiary/aromatic N) is 3. The molecule has 0 fully saturated rings. The van der Waals surface area contributed by atoms with Crippen LogP contribution in [0.5, 0.6) is 5.75 Å². The van der Waals surface area contributed by atoms with Crippen LogP contribution < -0.4 is 15.5 Å². The van der Waals surface area contributed by atoms with Crippen LogP contribution in [0, 0.1) is 13.8 Å². The zero-order chi connectivity index (χ0) is 23.2. The van der Waals surface area contributed by atoms with Gasteiger partial charge in [0, 0.05) is 23.0 Å². The summed E-state index contributed by atoms with van der Waals surface area (Å²) in [4.78, 5) is 0. The van der Waals surface area contributed by atoms with Gasteiger partial charge in [0.15, 0.2) is 5.11 Å². The number of aryl methyl sites for hydroxylation is 2. The summed E-state index contributed by atoms with van der Waals surface area (Å²) >= 11 is 5.41. The molecule has 33 heavy (non-hydrogen) atoms. The van der Waals surface area contributed by atoms with Gasteiger partial charge in [-0.1, -0.05) is 35.9 Å². The van der Waals surface area contributed by atoms with Crippen molar-refractivity contribution in [3.05, 3.63) is 95.7 Å². The third kappa shape index (κ3) is 5.45. The molecule has 0 aliphatic rings. The van der Waals surface area contributed by atoms with Crippen molar-refractivity contribution >= 4 is 29.2 Å². The van der Waals surface area contributed by atoms with E-state index in [0.717, 1.165) is 39.5 Å². The number of ether oxygens (including phenoxy) is 1. The van der Waals surface area contributed by atoms with Crippen molar-refractivity contribution in [1.29, 1.82) is 0 Å². The van der Waals surface area contributed by atoms with Crippen molar-refractivity contribution in [2.75, 3.05) is 12.4 Å². The first kappa shape index (κ1) is 22.2. The Bertz CT molecular complexity index is 1280. The monoisotopic (exact) mass is 455 g/mol. The summed E-state index contributed by atoms with van der Waals surface area (Å²) in [5, 5.41) is 12.8. The van der Waals surface area contributed by atoms with Gasteiger partial charge >= 0.3 is 0 Å². The summed E-state index contributed by atoms with van der Waals surface area (Å²) in [6.07, 6.45) is 3.67. The second-order valence-electron chi connectivity index (χ2n) is 7.58. The Morgan fingerprint density at radius 1 is 1.03 bits per heavy atom. The highest BCUT2D eigenvalue weighted by molar-refractivity contribution is 7.80. The van der Waals surface area contributed by atoms with Crippen LogP contribution in [0.1, 0.15) is 16.7 Å². The number of aromatic nitrogens is 2. The molecule has 6 nitrogen and oxygen atoms in total. The fourth-order valence-electron chi connectivity index (χ4n) is 3.43. The molecule has 4 aromatic rings. The summed E-state index contributed by atoms with van der Waals surface area (Å²) in [5.41, 5.74) is 9.76. The maximum atomic E-state index is 5.41. The van der Waals surface area contributed by atoms with Crippen molar-refractivity contribution in [1.82, 2.24) is 15.2 Å². The van der Waals surface area contributed by atoms with Gasteiger partial charge in [0.05, 0.1) is 19.0 Å². The quantitative estimate of drug-likeness (QED) is 0.229. The maximum absolute atomic E-state index is 5.41. The molecule has 4 rings (SSSR count). The van der Waals surface area contributed by atoms with E-state index in [9.17, 15) is 0 Å². The molecule has 1 heterocycles. The predicted octanol–water partition coefficient (Wildman–Crippen LogP) is 5.49. The van der Waals surface area contributed by atoms with Gasteiger partial charge in [-0.15, -0.1) is 0 Å². The fourth-order valence-corrected chi connectivity index (χ4v) is 3.60. The Hall–Kier alpha value is -3.97. The zero-order valence-corrected chi connectivity index (χ0v) is 19.6. The van der Waals surface area contributed by atoms with Gasteiger partial charge in [-0.2, -0.15) is 10.2 Å². The van der Waals surface area contributed by atoms with Crippen molar-refractivity contribution in [3.63, 3.8) is 0 Å². The van der Waals surface area contributed by atoms with Crippen LogP contribution in [0.4, 0.5) is 5.69 Å². The minimum atomic E-state index is 0.416. The van der Waals surface area contributed by atoms with E-state index in [-0.39, 0.29) is 0 Å².